The number of benzene rings is 1. The van der Waals surface area contributed by atoms with Gasteiger partial charge in [-0.1, -0.05) is 12.1 Å². The first-order valence-electron chi connectivity index (χ1n) is 8.85. The zero-order chi connectivity index (χ0) is 20.9. The van der Waals surface area contributed by atoms with E-state index in [0.717, 1.165) is 20.9 Å². The monoisotopic (exact) mass is 455 g/mol. The predicted molar refractivity (Wildman–Crippen MR) is 122 cm³/mol. The highest BCUT2D eigenvalue weighted by molar-refractivity contribution is 7.14. The van der Waals surface area contributed by atoms with Crippen LogP contribution in [0.1, 0.15) is 15.2 Å². The Balaban J connectivity index is 1.61. The Kier molecular flexibility index (Phi) is 6.22. The third-order valence-electron chi connectivity index (χ3n) is 4.09. The highest BCUT2D eigenvalue weighted by Gasteiger charge is 2.14. The van der Waals surface area contributed by atoms with Crippen molar-refractivity contribution in [1.29, 1.82) is 0 Å². The standard InChI is InChI=1S/C21H17N3O3S3/c1-22-21-24(15(13-30-21)18-5-3-9-28-18)23-12-14-7-8-16(17(11-14)26-2)27-20(25)19-6-4-10-29-19/h3-13H,1-2H3. The molecule has 0 saturated carbocycles. The number of hydrogen-bond donors (Lipinski definition) is 0. The van der Waals surface area contributed by atoms with Crippen molar-refractivity contribution in [2.75, 3.05) is 14.2 Å². The van der Waals surface area contributed by atoms with Crippen LogP contribution in [-0.2, 0) is 0 Å². The van der Waals surface area contributed by atoms with Crippen molar-refractivity contribution in [3.63, 3.8) is 0 Å². The molecule has 4 rings (SSSR count). The molecular formula is C21H17N3O3S3. The van der Waals surface area contributed by atoms with E-state index in [-0.39, 0.29) is 0 Å². The van der Waals surface area contributed by atoms with Gasteiger partial charge in [-0.15, -0.1) is 34.0 Å². The number of carbonyl (C=O) groups is 1. The van der Waals surface area contributed by atoms with Gasteiger partial charge >= 0.3 is 5.97 Å². The van der Waals surface area contributed by atoms with Crippen molar-refractivity contribution >= 4 is 46.2 Å². The van der Waals surface area contributed by atoms with E-state index in [1.165, 1.54) is 29.8 Å². The van der Waals surface area contributed by atoms with Gasteiger partial charge in [-0.2, -0.15) is 5.10 Å². The molecule has 9 heteroatoms. The summed E-state index contributed by atoms with van der Waals surface area (Å²) in [6, 6.07) is 12.9. The van der Waals surface area contributed by atoms with Crippen LogP contribution in [0.2, 0.25) is 0 Å². The molecular weight excluding hydrogens is 438 g/mol. The average Bonchev–Trinajstić information content (AvgIpc) is 3.54. The summed E-state index contributed by atoms with van der Waals surface area (Å²) in [5, 5.41) is 10.5. The molecule has 0 aliphatic carbocycles. The van der Waals surface area contributed by atoms with Crippen LogP contribution < -0.4 is 14.3 Å². The molecule has 0 bridgehead atoms. The minimum atomic E-state index is -0.409. The van der Waals surface area contributed by atoms with E-state index < -0.39 is 5.97 Å². The Hall–Kier alpha value is -3.01. The Morgan fingerprint density at radius 2 is 1.90 bits per heavy atom. The summed E-state index contributed by atoms with van der Waals surface area (Å²) in [6.45, 7) is 0. The van der Waals surface area contributed by atoms with Crippen molar-refractivity contribution in [1.82, 2.24) is 4.68 Å². The summed E-state index contributed by atoms with van der Waals surface area (Å²) in [4.78, 5) is 19.0. The summed E-state index contributed by atoms with van der Waals surface area (Å²) in [5.74, 6) is 0.408. The quantitative estimate of drug-likeness (QED) is 0.234. The van der Waals surface area contributed by atoms with Crippen LogP contribution in [0.5, 0.6) is 11.5 Å². The maximum Gasteiger partial charge on any atom is 0.353 e. The second kappa shape index (κ2) is 9.21. The summed E-state index contributed by atoms with van der Waals surface area (Å²) >= 11 is 4.51. The van der Waals surface area contributed by atoms with E-state index in [1.807, 2.05) is 32.9 Å². The van der Waals surface area contributed by atoms with E-state index >= 15 is 0 Å². The Morgan fingerprint density at radius 1 is 1.07 bits per heavy atom. The number of hydrogen-bond acceptors (Lipinski definition) is 8. The van der Waals surface area contributed by atoms with E-state index in [0.29, 0.717) is 16.4 Å². The molecule has 0 atom stereocenters. The third-order valence-corrected chi connectivity index (χ3v) is 6.73. The third kappa shape index (κ3) is 4.28. The van der Waals surface area contributed by atoms with Gasteiger partial charge in [0.1, 0.15) is 4.88 Å². The fraction of sp³-hybridized carbons (Fsp3) is 0.0952. The first-order chi connectivity index (χ1) is 14.7. The summed E-state index contributed by atoms with van der Waals surface area (Å²) < 4.78 is 12.7. The normalized spacial score (nSPS) is 11.9. The lowest BCUT2D eigenvalue weighted by Gasteiger charge is -2.09. The fourth-order valence-corrected chi connectivity index (χ4v) is 4.87. The lowest BCUT2D eigenvalue weighted by atomic mass is 10.2. The summed E-state index contributed by atoms with van der Waals surface area (Å²) in [5.41, 5.74) is 1.79. The van der Waals surface area contributed by atoms with E-state index in [2.05, 4.69) is 16.2 Å². The van der Waals surface area contributed by atoms with Crippen LogP contribution in [0.15, 0.2) is 68.7 Å². The van der Waals surface area contributed by atoms with Crippen LogP contribution in [0.25, 0.3) is 10.6 Å². The van der Waals surface area contributed by atoms with Crippen LogP contribution in [0, 0.1) is 0 Å². The van der Waals surface area contributed by atoms with Gasteiger partial charge in [-0.3, -0.25) is 4.99 Å². The molecule has 30 heavy (non-hydrogen) atoms. The number of nitrogens with zero attached hydrogens (tertiary/aromatic N) is 3. The highest BCUT2D eigenvalue weighted by Crippen LogP contribution is 2.29. The second-order valence-corrected chi connectivity index (χ2v) is 8.67. The van der Waals surface area contributed by atoms with Crippen molar-refractivity contribution in [3.8, 4) is 22.1 Å². The first kappa shape index (κ1) is 20.3. The minimum absolute atomic E-state index is 0.361. The number of carbonyl (C=O) groups excluding carboxylic acids is 1. The number of thiazole rings is 1. The Bertz CT molecular complexity index is 1240. The van der Waals surface area contributed by atoms with Crippen molar-refractivity contribution in [3.05, 3.63) is 73.8 Å². The van der Waals surface area contributed by atoms with E-state index in [4.69, 9.17) is 9.47 Å². The van der Waals surface area contributed by atoms with Gasteiger partial charge in [0, 0.05) is 12.4 Å². The zero-order valence-electron chi connectivity index (χ0n) is 16.1. The molecule has 0 fully saturated rings. The minimum Gasteiger partial charge on any atom is -0.493 e. The molecule has 3 aromatic heterocycles. The molecule has 152 valence electrons. The van der Waals surface area contributed by atoms with Crippen molar-refractivity contribution < 1.29 is 14.3 Å². The lowest BCUT2D eigenvalue weighted by molar-refractivity contribution is 0.0735. The zero-order valence-corrected chi connectivity index (χ0v) is 18.6. The van der Waals surface area contributed by atoms with Crippen LogP contribution in [-0.4, -0.2) is 31.0 Å². The van der Waals surface area contributed by atoms with Gasteiger partial charge in [-0.05, 0) is 46.7 Å². The largest absolute Gasteiger partial charge is 0.493 e. The maximum absolute atomic E-state index is 12.2. The molecule has 0 amide bonds. The molecule has 0 saturated heterocycles. The van der Waals surface area contributed by atoms with Gasteiger partial charge in [0.15, 0.2) is 11.5 Å². The van der Waals surface area contributed by atoms with Gasteiger partial charge < -0.3 is 9.47 Å². The first-order valence-corrected chi connectivity index (χ1v) is 11.5. The maximum atomic E-state index is 12.2. The van der Waals surface area contributed by atoms with Gasteiger partial charge in [0.2, 0.25) is 4.80 Å². The van der Waals surface area contributed by atoms with Crippen molar-refractivity contribution in [2.45, 2.75) is 0 Å². The van der Waals surface area contributed by atoms with Gasteiger partial charge in [-0.25, -0.2) is 9.47 Å². The molecule has 6 nitrogen and oxygen atoms in total. The van der Waals surface area contributed by atoms with E-state index in [9.17, 15) is 4.79 Å². The molecule has 0 radical (unpaired) electrons. The molecule has 1 aromatic carbocycles. The smallest absolute Gasteiger partial charge is 0.353 e. The number of thiophene rings is 2. The molecule has 0 aliphatic heterocycles. The Labute approximate surface area is 185 Å². The Morgan fingerprint density at radius 3 is 2.60 bits per heavy atom. The topological polar surface area (TPSA) is 65.2 Å². The number of methoxy groups -OCH3 is 1. The molecule has 0 unspecified atom stereocenters. The number of aromatic nitrogens is 1. The number of esters is 1. The van der Waals surface area contributed by atoms with Crippen LogP contribution in [0.3, 0.4) is 0 Å². The molecule has 4 aromatic rings. The second-order valence-electron chi connectivity index (χ2n) is 5.94. The number of ether oxygens (including phenoxy) is 2. The fourth-order valence-electron chi connectivity index (χ4n) is 2.68. The molecule has 3 heterocycles. The number of rotatable bonds is 6. The van der Waals surface area contributed by atoms with E-state index in [1.54, 1.807) is 48.9 Å². The highest BCUT2D eigenvalue weighted by atomic mass is 32.1. The molecule has 0 N–H and O–H groups in total. The molecule has 0 spiro atoms. The van der Waals surface area contributed by atoms with Crippen LogP contribution >= 0.6 is 34.0 Å². The predicted octanol–water partition coefficient (Wildman–Crippen LogP) is 4.98. The molecule has 0 aliphatic rings. The van der Waals surface area contributed by atoms with Gasteiger partial charge in [0.25, 0.3) is 0 Å². The SMILES string of the molecule is CN=c1scc(-c2cccs2)n1N=Cc1ccc(OC(=O)c2cccs2)c(OC)c1. The van der Waals surface area contributed by atoms with Gasteiger partial charge in [0.05, 0.1) is 23.9 Å². The van der Waals surface area contributed by atoms with Crippen molar-refractivity contribution in [2.24, 2.45) is 10.1 Å². The van der Waals surface area contributed by atoms with Crippen LogP contribution in [0.4, 0.5) is 0 Å². The average molecular weight is 456 g/mol. The summed E-state index contributed by atoms with van der Waals surface area (Å²) in [7, 11) is 3.28. The lowest BCUT2D eigenvalue weighted by Crippen LogP contribution is -2.11. The summed E-state index contributed by atoms with van der Waals surface area (Å²) in [6.07, 6.45) is 1.73.